The van der Waals surface area contributed by atoms with Crippen LogP contribution in [0.1, 0.15) is 49.3 Å². The van der Waals surface area contributed by atoms with E-state index in [1.807, 2.05) is 0 Å². The van der Waals surface area contributed by atoms with Gasteiger partial charge in [-0.15, -0.1) is 0 Å². The molecule has 1 aromatic heterocycles. The first-order valence-corrected chi connectivity index (χ1v) is 6.94. The number of pyridine rings is 1. The highest BCUT2D eigenvalue weighted by molar-refractivity contribution is 5.94. The van der Waals surface area contributed by atoms with Crippen molar-refractivity contribution in [3.63, 3.8) is 0 Å². The maximum atomic E-state index is 12.3. The molecule has 0 bridgehead atoms. The van der Waals surface area contributed by atoms with Gasteiger partial charge in [0.05, 0.1) is 7.11 Å². The number of aromatic hydroxyl groups is 1. The van der Waals surface area contributed by atoms with E-state index in [9.17, 15) is 19.5 Å². The van der Waals surface area contributed by atoms with Crippen molar-refractivity contribution < 1.29 is 24.2 Å². The number of carbonyl (C=O) groups excluding carboxylic acids is 2. The second-order valence-corrected chi connectivity index (χ2v) is 6.14. The minimum atomic E-state index is -0.800. The molecular weight excluding hydrogens is 290 g/mol. The summed E-state index contributed by atoms with van der Waals surface area (Å²) in [5.41, 5.74) is -1.000. The Hall–Kier alpha value is -2.31. The topological polar surface area (TPSA) is 94.8 Å². The van der Waals surface area contributed by atoms with Crippen LogP contribution < -0.4 is 5.56 Å². The fraction of sp³-hybridized carbons (Fsp3) is 0.533. The molecule has 7 heteroatoms. The van der Waals surface area contributed by atoms with E-state index in [2.05, 4.69) is 4.74 Å². The van der Waals surface area contributed by atoms with Crippen LogP contribution in [0.3, 0.4) is 0 Å². The van der Waals surface area contributed by atoms with E-state index in [1.165, 1.54) is 11.7 Å². The maximum absolute atomic E-state index is 12.3. The Balaban J connectivity index is 2.50. The molecule has 1 unspecified atom stereocenters. The molecule has 0 spiro atoms. The van der Waals surface area contributed by atoms with Crippen molar-refractivity contribution in [2.24, 2.45) is 0 Å². The molecule has 0 saturated heterocycles. The number of hydrogen-bond donors (Lipinski definition) is 1. The molecule has 0 saturated carbocycles. The lowest BCUT2D eigenvalue weighted by Crippen LogP contribution is -2.33. The van der Waals surface area contributed by atoms with E-state index in [4.69, 9.17) is 4.74 Å². The van der Waals surface area contributed by atoms with E-state index >= 15 is 0 Å². The molecule has 1 atom stereocenters. The first-order chi connectivity index (χ1) is 10.2. The van der Waals surface area contributed by atoms with Crippen LogP contribution in [0.4, 0.5) is 0 Å². The molecule has 0 radical (unpaired) electrons. The molecule has 1 aliphatic rings. The van der Waals surface area contributed by atoms with Gasteiger partial charge in [-0.05, 0) is 33.6 Å². The van der Waals surface area contributed by atoms with E-state index in [0.29, 0.717) is 18.5 Å². The van der Waals surface area contributed by atoms with Crippen LogP contribution in [-0.4, -0.2) is 34.3 Å². The first-order valence-electron chi connectivity index (χ1n) is 6.94. The summed E-state index contributed by atoms with van der Waals surface area (Å²) >= 11 is 0. The van der Waals surface area contributed by atoms with Crippen LogP contribution >= 0.6 is 0 Å². The van der Waals surface area contributed by atoms with Gasteiger partial charge < -0.3 is 14.6 Å². The third-order valence-electron chi connectivity index (χ3n) is 3.37. The molecule has 1 aliphatic heterocycles. The van der Waals surface area contributed by atoms with Crippen LogP contribution in [0.15, 0.2) is 10.9 Å². The van der Waals surface area contributed by atoms with E-state index < -0.39 is 34.9 Å². The third kappa shape index (κ3) is 2.84. The Labute approximate surface area is 127 Å². The number of aromatic nitrogens is 1. The zero-order valence-corrected chi connectivity index (χ0v) is 13.0. The van der Waals surface area contributed by atoms with Gasteiger partial charge in [0.15, 0.2) is 0 Å². The molecule has 120 valence electrons. The molecule has 2 rings (SSSR count). The normalized spacial score (nSPS) is 17.0. The van der Waals surface area contributed by atoms with Gasteiger partial charge in [-0.2, -0.15) is 0 Å². The van der Waals surface area contributed by atoms with E-state index in [-0.39, 0.29) is 5.56 Å². The van der Waals surface area contributed by atoms with Crippen molar-refractivity contribution in [1.82, 2.24) is 4.57 Å². The van der Waals surface area contributed by atoms with Gasteiger partial charge in [0.1, 0.15) is 23.0 Å². The Morgan fingerprint density at radius 2 is 2.00 bits per heavy atom. The van der Waals surface area contributed by atoms with Gasteiger partial charge >= 0.3 is 11.9 Å². The van der Waals surface area contributed by atoms with Crippen molar-refractivity contribution in [1.29, 1.82) is 0 Å². The summed E-state index contributed by atoms with van der Waals surface area (Å²) in [5, 5.41) is 9.84. The van der Waals surface area contributed by atoms with Gasteiger partial charge in [-0.1, -0.05) is 0 Å². The first kappa shape index (κ1) is 16.1. The van der Waals surface area contributed by atoms with Crippen molar-refractivity contribution >= 4 is 11.9 Å². The highest BCUT2D eigenvalue weighted by Gasteiger charge is 2.36. The number of hydrogen-bond acceptors (Lipinski definition) is 6. The smallest absolute Gasteiger partial charge is 0.343 e. The predicted octanol–water partition coefficient (Wildman–Crippen LogP) is 1.17. The molecule has 0 aromatic carbocycles. The Morgan fingerprint density at radius 3 is 2.55 bits per heavy atom. The summed E-state index contributed by atoms with van der Waals surface area (Å²) in [4.78, 5) is 36.2. The fourth-order valence-electron chi connectivity index (χ4n) is 2.57. The number of esters is 2. The molecule has 1 aromatic rings. The number of methoxy groups -OCH3 is 1. The van der Waals surface area contributed by atoms with Gasteiger partial charge in [0.25, 0.3) is 5.56 Å². The van der Waals surface area contributed by atoms with Crippen LogP contribution in [0.25, 0.3) is 0 Å². The molecule has 2 heterocycles. The molecular formula is C15H19NO6. The summed E-state index contributed by atoms with van der Waals surface area (Å²) in [6, 6.07) is 0.115. The Kier molecular flexibility index (Phi) is 4.00. The summed E-state index contributed by atoms with van der Waals surface area (Å²) in [6.45, 7) is 5.21. The quantitative estimate of drug-likeness (QED) is 0.824. The third-order valence-corrected chi connectivity index (χ3v) is 3.37. The highest BCUT2D eigenvalue weighted by atomic mass is 16.6. The largest absolute Gasteiger partial charge is 0.507 e. The zero-order valence-electron chi connectivity index (χ0n) is 13.0. The van der Waals surface area contributed by atoms with Gasteiger partial charge in [0, 0.05) is 11.8 Å². The van der Waals surface area contributed by atoms with Crippen LogP contribution in [0, 0.1) is 0 Å². The standard InChI is InChI=1S/C15H19NO6/c1-15(2,3)22-13(19)9-6-5-8-12(14(20)21-4)10(17)7-11(18)16(8)9/h7,9,17H,5-6H2,1-4H3. The number of carbonyl (C=O) groups is 2. The minimum absolute atomic E-state index is 0.0758. The summed E-state index contributed by atoms with van der Waals surface area (Å²) in [7, 11) is 1.18. The molecule has 7 nitrogen and oxygen atoms in total. The summed E-state index contributed by atoms with van der Waals surface area (Å²) in [6.07, 6.45) is 0.635. The highest BCUT2D eigenvalue weighted by Crippen LogP contribution is 2.32. The number of nitrogens with zero attached hydrogens (tertiary/aromatic N) is 1. The lowest BCUT2D eigenvalue weighted by atomic mass is 10.1. The minimum Gasteiger partial charge on any atom is -0.507 e. The van der Waals surface area contributed by atoms with Crippen molar-refractivity contribution in [3.8, 4) is 5.75 Å². The average molecular weight is 309 g/mol. The predicted molar refractivity (Wildman–Crippen MR) is 76.9 cm³/mol. The summed E-state index contributed by atoms with van der Waals surface area (Å²) in [5.74, 6) is -1.71. The van der Waals surface area contributed by atoms with Gasteiger partial charge in [0.2, 0.25) is 0 Å². The SMILES string of the molecule is COC(=O)c1c(O)cc(=O)n2c1CCC2C(=O)OC(C)(C)C. The van der Waals surface area contributed by atoms with Crippen molar-refractivity contribution in [2.75, 3.05) is 7.11 Å². The number of ether oxygens (including phenoxy) is 2. The van der Waals surface area contributed by atoms with Crippen molar-refractivity contribution in [3.05, 3.63) is 27.7 Å². The lowest BCUT2D eigenvalue weighted by Gasteiger charge is -2.23. The molecule has 22 heavy (non-hydrogen) atoms. The lowest BCUT2D eigenvalue weighted by molar-refractivity contribution is -0.158. The van der Waals surface area contributed by atoms with Gasteiger partial charge in [-0.3, -0.25) is 9.36 Å². The second kappa shape index (κ2) is 5.47. The average Bonchev–Trinajstić information content (AvgIpc) is 2.81. The molecule has 0 aliphatic carbocycles. The number of rotatable bonds is 2. The zero-order chi connectivity index (χ0) is 16.7. The van der Waals surface area contributed by atoms with E-state index in [0.717, 1.165) is 6.07 Å². The fourth-order valence-corrected chi connectivity index (χ4v) is 2.57. The number of fused-ring (bicyclic) bond motifs is 1. The second-order valence-electron chi connectivity index (χ2n) is 6.14. The summed E-state index contributed by atoms with van der Waals surface area (Å²) < 4.78 is 11.1. The Morgan fingerprint density at radius 1 is 1.36 bits per heavy atom. The van der Waals surface area contributed by atoms with E-state index in [1.54, 1.807) is 20.8 Å². The Bertz CT molecular complexity index is 682. The molecule has 1 N–H and O–H groups in total. The molecule has 0 amide bonds. The van der Waals surface area contributed by atoms with Gasteiger partial charge in [-0.25, -0.2) is 9.59 Å². The van der Waals surface area contributed by atoms with Crippen LogP contribution in [-0.2, 0) is 20.7 Å². The monoisotopic (exact) mass is 309 g/mol. The van der Waals surface area contributed by atoms with Crippen LogP contribution in [0.5, 0.6) is 5.75 Å². The maximum Gasteiger partial charge on any atom is 0.343 e. The molecule has 0 fully saturated rings. The van der Waals surface area contributed by atoms with Crippen LogP contribution in [0.2, 0.25) is 0 Å². The van der Waals surface area contributed by atoms with Crippen molar-refractivity contribution in [2.45, 2.75) is 45.3 Å².